The third kappa shape index (κ3) is 1.68. The number of aromatic nitrogens is 2. The molecule has 5 heteroatoms. The van der Waals surface area contributed by atoms with Gasteiger partial charge in [0.2, 0.25) is 5.28 Å². The zero-order valence-electron chi connectivity index (χ0n) is 8.32. The average molecular weight is 225 g/mol. The summed E-state index contributed by atoms with van der Waals surface area (Å²) in [5.74, 6) is 1.19. The van der Waals surface area contributed by atoms with Crippen molar-refractivity contribution in [2.45, 2.75) is 0 Å². The second kappa shape index (κ2) is 3.90. The molecule has 0 atom stereocenters. The van der Waals surface area contributed by atoms with Crippen molar-refractivity contribution < 1.29 is 9.47 Å². The van der Waals surface area contributed by atoms with Crippen LogP contribution >= 0.6 is 11.6 Å². The number of hydrogen-bond donors (Lipinski definition) is 0. The number of halogens is 1. The molecular weight excluding hydrogens is 216 g/mol. The van der Waals surface area contributed by atoms with Crippen molar-refractivity contribution >= 4 is 22.5 Å². The smallest absolute Gasteiger partial charge is 0.223 e. The molecule has 4 nitrogen and oxygen atoms in total. The van der Waals surface area contributed by atoms with Crippen molar-refractivity contribution in [3.8, 4) is 11.5 Å². The second-order valence-corrected chi connectivity index (χ2v) is 3.22. The van der Waals surface area contributed by atoms with Crippen molar-refractivity contribution in [1.29, 1.82) is 0 Å². The standard InChI is InChI=1S/C10H9ClN2O2/c1-14-7-4-3-6-5-12-10(11)13-8(6)9(7)15-2/h3-5H,1-2H3. The first-order valence-electron chi connectivity index (χ1n) is 4.29. The van der Waals surface area contributed by atoms with Crippen molar-refractivity contribution in [2.75, 3.05) is 14.2 Å². The summed E-state index contributed by atoms with van der Waals surface area (Å²) >= 11 is 5.72. The Morgan fingerprint density at radius 3 is 2.67 bits per heavy atom. The van der Waals surface area contributed by atoms with Gasteiger partial charge in [0.1, 0.15) is 5.52 Å². The van der Waals surface area contributed by atoms with Crippen LogP contribution in [0.15, 0.2) is 18.3 Å². The Hall–Kier alpha value is -1.55. The Morgan fingerprint density at radius 1 is 1.20 bits per heavy atom. The summed E-state index contributed by atoms with van der Waals surface area (Å²) in [6.45, 7) is 0. The third-order valence-corrected chi connectivity index (χ3v) is 2.25. The highest BCUT2D eigenvalue weighted by molar-refractivity contribution is 6.28. The lowest BCUT2D eigenvalue weighted by molar-refractivity contribution is 0.358. The Kier molecular flexibility index (Phi) is 2.60. The lowest BCUT2D eigenvalue weighted by Crippen LogP contribution is -1.94. The zero-order chi connectivity index (χ0) is 10.8. The van der Waals surface area contributed by atoms with E-state index in [0.717, 1.165) is 5.39 Å². The number of fused-ring (bicyclic) bond motifs is 1. The minimum absolute atomic E-state index is 0.189. The lowest BCUT2D eigenvalue weighted by atomic mass is 10.2. The summed E-state index contributed by atoms with van der Waals surface area (Å²) in [7, 11) is 3.14. The van der Waals surface area contributed by atoms with Gasteiger partial charge >= 0.3 is 0 Å². The molecule has 0 bridgehead atoms. The predicted molar refractivity (Wildman–Crippen MR) is 57.7 cm³/mol. The largest absolute Gasteiger partial charge is 0.493 e. The minimum Gasteiger partial charge on any atom is -0.493 e. The van der Waals surface area contributed by atoms with Gasteiger partial charge in [0.25, 0.3) is 0 Å². The van der Waals surface area contributed by atoms with Crippen LogP contribution in [0.2, 0.25) is 5.28 Å². The monoisotopic (exact) mass is 224 g/mol. The van der Waals surface area contributed by atoms with Gasteiger partial charge in [-0.05, 0) is 23.7 Å². The van der Waals surface area contributed by atoms with Crippen LogP contribution in [0, 0.1) is 0 Å². The molecule has 0 N–H and O–H groups in total. The molecule has 78 valence electrons. The van der Waals surface area contributed by atoms with E-state index in [2.05, 4.69) is 9.97 Å². The number of rotatable bonds is 2. The van der Waals surface area contributed by atoms with Gasteiger partial charge in [0.05, 0.1) is 14.2 Å². The maximum atomic E-state index is 5.72. The molecule has 0 amide bonds. The predicted octanol–water partition coefficient (Wildman–Crippen LogP) is 2.30. The van der Waals surface area contributed by atoms with Gasteiger partial charge in [-0.15, -0.1) is 0 Å². The number of ether oxygens (including phenoxy) is 2. The molecule has 0 aliphatic carbocycles. The Labute approximate surface area is 91.8 Å². The molecule has 0 saturated heterocycles. The summed E-state index contributed by atoms with van der Waals surface area (Å²) < 4.78 is 10.4. The van der Waals surface area contributed by atoms with Crippen molar-refractivity contribution in [3.63, 3.8) is 0 Å². The highest BCUT2D eigenvalue weighted by Crippen LogP contribution is 2.33. The average Bonchev–Trinajstić information content (AvgIpc) is 2.27. The highest BCUT2D eigenvalue weighted by atomic mass is 35.5. The molecule has 2 rings (SSSR count). The van der Waals surface area contributed by atoms with E-state index < -0.39 is 0 Å². The first kappa shape index (κ1) is 9.98. The van der Waals surface area contributed by atoms with Crippen LogP contribution in [-0.2, 0) is 0 Å². The summed E-state index contributed by atoms with van der Waals surface area (Å²) in [5.41, 5.74) is 0.650. The van der Waals surface area contributed by atoms with Crippen LogP contribution < -0.4 is 9.47 Å². The molecule has 0 radical (unpaired) electrons. The molecule has 2 aromatic rings. The lowest BCUT2D eigenvalue weighted by Gasteiger charge is -2.09. The quantitative estimate of drug-likeness (QED) is 0.735. The fourth-order valence-electron chi connectivity index (χ4n) is 1.39. The molecule has 0 aliphatic heterocycles. The minimum atomic E-state index is 0.189. The van der Waals surface area contributed by atoms with Gasteiger partial charge in [-0.3, -0.25) is 0 Å². The molecule has 0 saturated carbocycles. The molecule has 15 heavy (non-hydrogen) atoms. The number of nitrogens with zero attached hydrogens (tertiary/aromatic N) is 2. The summed E-state index contributed by atoms with van der Waals surface area (Å²) in [5, 5.41) is 1.05. The summed E-state index contributed by atoms with van der Waals surface area (Å²) in [4.78, 5) is 8.00. The van der Waals surface area contributed by atoms with E-state index in [0.29, 0.717) is 17.0 Å². The number of methoxy groups -OCH3 is 2. The van der Waals surface area contributed by atoms with Crippen LogP contribution in [0.3, 0.4) is 0 Å². The maximum Gasteiger partial charge on any atom is 0.223 e. The number of hydrogen-bond acceptors (Lipinski definition) is 4. The normalized spacial score (nSPS) is 10.3. The van der Waals surface area contributed by atoms with Crippen molar-refractivity contribution in [2.24, 2.45) is 0 Å². The van der Waals surface area contributed by atoms with Gasteiger partial charge in [-0.25, -0.2) is 9.97 Å². The van der Waals surface area contributed by atoms with Crippen LogP contribution in [0.25, 0.3) is 10.9 Å². The van der Waals surface area contributed by atoms with E-state index in [9.17, 15) is 0 Å². The first-order valence-corrected chi connectivity index (χ1v) is 4.67. The van der Waals surface area contributed by atoms with Crippen molar-refractivity contribution in [1.82, 2.24) is 9.97 Å². The zero-order valence-corrected chi connectivity index (χ0v) is 9.08. The third-order valence-electron chi connectivity index (χ3n) is 2.06. The summed E-state index contributed by atoms with van der Waals surface area (Å²) in [6.07, 6.45) is 1.65. The molecule has 0 fully saturated rings. The maximum absolute atomic E-state index is 5.72. The van der Waals surface area contributed by atoms with Crippen LogP contribution in [0.5, 0.6) is 11.5 Å². The van der Waals surface area contributed by atoms with E-state index in [1.165, 1.54) is 0 Å². The molecule has 1 heterocycles. The van der Waals surface area contributed by atoms with E-state index in [1.54, 1.807) is 26.5 Å². The SMILES string of the molecule is COc1ccc2cnc(Cl)nc2c1OC. The topological polar surface area (TPSA) is 44.2 Å². The van der Waals surface area contributed by atoms with E-state index in [1.807, 2.05) is 6.07 Å². The van der Waals surface area contributed by atoms with Crippen LogP contribution in [0.4, 0.5) is 0 Å². The molecule has 1 aromatic heterocycles. The van der Waals surface area contributed by atoms with Crippen molar-refractivity contribution in [3.05, 3.63) is 23.6 Å². The van der Waals surface area contributed by atoms with E-state index in [4.69, 9.17) is 21.1 Å². The molecule has 0 spiro atoms. The molecule has 1 aromatic carbocycles. The number of benzene rings is 1. The fourth-order valence-corrected chi connectivity index (χ4v) is 1.52. The first-order chi connectivity index (χ1) is 7.26. The van der Waals surface area contributed by atoms with Gasteiger partial charge in [-0.1, -0.05) is 0 Å². The Morgan fingerprint density at radius 2 is 2.00 bits per heavy atom. The second-order valence-electron chi connectivity index (χ2n) is 2.88. The van der Waals surface area contributed by atoms with Crippen LogP contribution in [-0.4, -0.2) is 24.2 Å². The van der Waals surface area contributed by atoms with Gasteiger partial charge in [0, 0.05) is 11.6 Å². The van der Waals surface area contributed by atoms with Crippen LogP contribution in [0.1, 0.15) is 0 Å². The van der Waals surface area contributed by atoms with Gasteiger partial charge in [-0.2, -0.15) is 0 Å². The summed E-state index contributed by atoms with van der Waals surface area (Å²) in [6, 6.07) is 3.66. The van der Waals surface area contributed by atoms with E-state index >= 15 is 0 Å². The molecular formula is C10H9ClN2O2. The fraction of sp³-hybridized carbons (Fsp3) is 0.200. The van der Waals surface area contributed by atoms with E-state index in [-0.39, 0.29) is 5.28 Å². The van der Waals surface area contributed by atoms with Gasteiger partial charge < -0.3 is 9.47 Å². The molecule has 0 unspecified atom stereocenters. The Bertz CT molecular complexity index is 502. The van der Waals surface area contributed by atoms with Gasteiger partial charge in [0.15, 0.2) is 11.5 Å². The highest BCUT2D eigenvalue weighted by Gasteiger charge is 2.10. The Balaban J connectivity index is 2.79. The molecule has 0 aliphatic rings.